The summed E-state index contributed by atoms with van der Waals surface area (Å²) in [7, 11) is -3.77. The Labute approximate surface area is 97.3 Å². The molecule has 0 fully saturated rings. The van der Waals surface area contributed by atoms with Crippen LogP contribution in [0.4, 0.5) is 0 Å². The van der Waals surface area contributed by atoms with E-state index in [1.165, 1.54) is 0 Å². The van der Waals surface area contributed by atoms with Crippen molar-refractivity contribution in [1.29, 1.82) is 0 Å². The highest BCUT2D eigenvalue weighted by Gasteiger charge is 2.18. The van der Waals surface area contributed by atoms with Gasteiger partial charge in [-0.1, -0.05) is 30.3 Å². The molecule has 7 heteroatoms. The van der Waals surface area contributed by atoms with Crippen molar-refractivity contribution in [3.05, 3.63) is 41.6 Å². The Morgan fingerprint density at radius 3 is 2.50 bits per heavy atom. The highest BCUT2D eigenvalue weighted by atomic mass is 32.2. The first kappa shape index (κ1) is 11.2. The molecular weight excluding hydrogens is 246 g/mol. The molecule has 5 nitrogen and oxygen atoms in total. The van der Waals surface area contributed by atoms with Gasteiger partial charge < -0.3 is 0 Å². The lowest BCUT2D eigenvalue weighted by Crippen LogP contribution is -2.14. The molecule has 0 saturated heterocycles. The van der Waals surface area contributed by atoms with Gasteiger partial charge in [0.1, 0.15) is 0 Å². The zero-order chi connectivity index (χ0) is 11.6. The summed E-state index contributed by atoms with van der Waals surface area (Å²) in [4.78, 5) is 0. The second kappa shape index (κ2) is 4.28. The molecule has 0 aliphatic carbocycles. The molecule has 2 N–H and O–H groups in total. The molecule has 0 bridgehead atoms. The maximum Gasteiger partial charge on any atom is 0.258 e. The minimum atomic E-state index is -3.77. The zero-order valence-corrected chi connectivity index (χ0v) is 9.83. The molecule has 0 unspecified atom stereocenters. The average Bonchev–Trinajstić information content (AvgIpc) is 2.67. The Morgan fingerprint density at radius 1 is 1.19 bits per heavy atom. The van der Waals surface area contributed by atoms with Gasteiger partial charge in [0.25, 0.3) is 10.0 Å². The van der Waals surface area contributed by atoms with Gasteiger partial charge in [0.05, 0.1) is 17.4 Å². The van der Waals surface area contributed by atoms with E-state index >= 15 is 0 Å². The van der Waals surface area contributed by atoms with E-state index in [9.17, 15) is 8.42 Å². The monoisotopic (exact) mass is 255 g/mol. The fourth-order valence-corrected chi connectivity index (χ4v) is 2.80. The van der Waals surface area contributed by atoms with Crippen LogP contribution in [0, 0.1) is 0 Å². The molecule has 2 aromatic rings. The predicted molar refractivity (Wildman–Crippen MR) is 60.5 cm³/mol. The number of benzene rings is 1. The minimum Gasteiger partial charge on any atom is -0.223 e. The fraction of sp³-hybridized carbons (Fsp3) is 0.111. The van der Waals surface area contributed by atoms with E-state index in [1.54, 1.807) is 0 Å². The number of hydrogen-bond donors (Lipinski definition) is 1. The summed E-state index contributed by atoms with van der Waals surface area (Å²) in [6, 6.07) is 9.44. The summed E-state index contributed by atoms with van der Waals surface area (Å²) in [5, 5.41) is 4.91. The zero-order valence-electron chi connectivity index (χ0n) is 8.20. The van der Waals surface area contributed by atoms with Gasteiger partial charge in [0.2, 0.25) is 5.03 Å². The van der Waals surface area contributed by atoms with Crippen molar-refractivity contribution < 1.29 is 8.42 Å². The van der Waals surface area contributed by atoms with E-state index in [0.29, 0.717) is 12.1 Å². The van der Waals surface area contributed by atoms with E-state index < -0.39 is 10.0 Å². The number of aromatic nitrogens is 2. The van der Waals surface area contributed by atoms with Gasteiger partial charge in [-0.05, 0) is 5.56 Å². The molecule has 0 spiro atoms. The molecule has 0 atom stereocenters. The third kappa shape index (κ3) is 2.43. The SMILES string of the molecule is NS(=O)(=O)c1nsnc1Cc1ccccc1. The van der Waals surface area contributed by atoms with Crippen LogP contribution in [0.3, 0.4) is 0 Å². The van der Waals surface area contributed by atoms with E-state index in [-0.39, 0.29) is 5.03 Å². The van der Waals surface area contributed by atoms with Crippen LogP contribution in [0.25, 0.3) is 0 Å². The van der Waals surface area contributed by atoms with Crippen LogP contribution < -0.4 is 5.14 Å². The van der Waals surface area contributed by atoms with Crippen LogP contribution in [0.2, 0.25) is 0 Å². The maximum absolute atomic E-state index is 11.2. The molecule has 84 valence electrons. The molecule has 1 aromatic carbocycles. The van der Waals surface area contributed by atoms with Crippen molar-refractivity contribution >= 4 is 21.8 Å². The molecule has 16 heavy (non-hydrogen) atoms. The first-order valence-electron chi connectivity index (χ1n) is 4.45. The van der Waals surface area contributed by atoms with Gasteiger partial charge >= 0.3 is 0 Å². The predicted octanol–water partition coefficient (Wildman–Crippen LogP) is 0.776. The van der Waals surface area contributed by atoms with Gasteiger partial charge in [0, 0.05) is 6.42 Å². The van der Waals surface area contributed by atoms with Crippen LogP contribution >= 0.6 is 11.7 Å². The van der Waals surface area contributed by atoms with Crippen molar-refractivity contribution in [2.75, 3.05) is 0 Å². The summed E-state index contributed by atoms with van der Waals surface area (Å²) in [5.41, 5.74) is 1.37. The molecule has 0 saturated carbocycles. The van der Waals surface area contributed by atoms with Gasteiger partial charge in [-0.3, -0.25) is 0 Å². The van der Waals surface area contributed by atoms with Gasteiger partial charge in [-0.2, -0.15) is 8.75 Å². The normalized spacial score (nSPS) is 11.6. The van der Waals surface area contributed by atoms with E-state index in [2.05, 4.69) is 8.75 Å². The van der Waals surface area contributed by atoms with Gasteiger partial charge in [-0.15, -0.1) is 0 Å². The molecule has 1 aromatic heterocycles. The van der Waals surface area contributed by atoms with Crippen molar-refractivity contribution in [2.45, 2.75) is 11.4 Å². The lowest BCUT2D eigenvalue weighted by molar-refractivity contribution is 0.594. The highest BCUT2D eigenvalue weighted by Crippen LogP contribution is 2.15. The van der Waals surface area contributed by atoms with Crippen molar-refractivity contribution in [2.24, 2.45) is 5.14 Å². The summed E-state index contributed by atoms with van der Waals surface area (Å²) < 4.78 is 30.0. The summed E-state index contributed by atoms with van der Waals surface area (Å²) in [6.45, 7) is 0. The lowest BCUT2D eigenvalue weighted by Gasteiger charge is -1.99. The molecule has 0 amide bonds. The molecular formula is C9H9N3O2S2. The van der Waals surface area contributed by atoms with Crippen LogP contribution in [-0.4, -0.2) is 17.2 Å². The van der Waals surface area contributed by atoms with E-state index in [4.69, 9.17) is 5.14 Å². The van der Waals surface area contributed by atoms with Crippen molar-refractivity contribution in [1.82, 2.24) is 8.75 Å². The highest BCUT2D eigenvalue weighted by molar-refractivity contribution is 7.89. The van der Waals surface area contributed by atoms with Crippen LogP contribution in [0.5, 0.6) is 0 Å². The Bertz CT molecular complexity index is 578. The summed E-state index contributed by atoms with van der Waals surface area (Å²) in [6.07, 6.45) is 0.420. The quantitative estimate of drug-likeness (QED) is 0.878. The van der Waals surface area contributed by atoms with E-state index in [0.717, 1.165) is 17.3 Å². The van der Waals surface area contributed by atoms with Gasteiger partial charge in [-0.25, -0.2) is 13.6 Å². The third-order valence-corrected chi connectivity index (χ3v) is 3.55. The second-order valence-corrected chi connectivity index (χ2v) is 5.23. The Balaban J connectivity index is 2.34. The maximum atomic E-state index is 11.2. The van der Waals surface area contributed by atoms with Crippen LogP contribution in [0.15, 0.2) is 35.4 Å². The van der Waals surface area contributed by atoms with Crippen LogP contribution in [0.1, 0.15) is 11.3 Å². The lowest BCUT2D eigenvalue weighted by atomic mass is 10.1. The second-order valence-electron chi connectivity index (χ2n) is 3.22. The number of sulfonamides is 1. The standard InChI is InChI=1S/C9H9N3O2S2/c10-16(13,14)9-8(11-15-12-9)6-7-4-2-1-3-5-7/h1-5H,6H2,(H2,10,13,14). The molecule has 0 aliphatic rings. The first-order chi connectivity index (χ1) is 7.57. The minimum absolute atomic E-state index is 0.124. The largest absolute Gasteiger partial charge is 0.258 e. The molecule has 1 heterocycles. The fourth-order valence-electron chi connectivity index (χ4n) is 1.31. The summed E-state index contributed by atoms with van der Waals surface area (Å²) in [5.74, 6) is 0. The molecule has 0 aliphatic heterocycles. The van der Waals surface area contributed by atoms with Gasteiger partial charge in [0.15, 0.2) is 0 Å². The van der Waals surface area contributed by atoms with Crippen molar-refractivity contribution in [3.63, 3.8) is 0 Å². The van der Waals surface area contributed by atoms with E-state index in [1.807, 2.05) is 30.3 Å². The Hall–Kier alpha value is -1.31. The number of rotatable bonds is 3. The number of nitrogens with zero attached hydrogens (tertiary/aromatic N) is 2. The number of hydrogen-bond acceptors (Lipinski definition) is 5. The van der Waals surface area contributed by atoms with Crippen LogP contribution in [-0.2, 0) is 16.4 Å². The first-order valence-corrected chi connectivity index (χ1v) is 6.73. The number of primary sulfonamides is 1. The smallest absolute Gasteiger partial charge is 0.223 e. The Morgan fingerprint density at radius 2 is 1.88 bits per heavy atom. The topological polar surface area (TPSA) is 85.9 Å². The average molecular weight is 255 g/mol. The third-order valence-electron chi connectivity index (χ3n) is 2.01. The molecule has 2 rings (SSSR count). The van der Waals surface area contributed by atoms with Crippen molar-refractivity contribution in [3.8, 4) is 0 Å². The number of nitrogens with two attached hydrogens (primary N) is 1. The summed E-state index contributed by atoms with van der Waals surface area (Å²) >= 11 is 0.853. The molecule has 0 radical (unpaired) electrons. The Kier molecular flexibility index (Phi) is 2.99.